The molecule has 150 valence electrons. The Hall–Kier alpha value is -2.07. The first-order valence-corrected chi connectivity index (χ1v) is 8.64. The van der Waals surface area contributed by atoms with E-state index in [2.05, 4.69) is 10.3 Å². The zero-order valence-electron chi connectivity index (χ0n) is 15.0. The molecule has 0 unspecified atom stereocenters. The zero-order valence-corrected chi connectivity index (χ0v) is 15.8. The molecule has 0 bridgehead atoms. The number of hydrogen-bond donors (Lipinski definition) is 1. The number of alkyl halides is 3. The SMILES string of the molecule is CNC(=O)CN(C)C(=O)CN1CCN(c2ncc(C(F)(F)F)cc2Cl)CC1. The summed E-state index contributed by atoms with van der Waals surface area (Å²) in [6.45, 7) is 2.15. The molecule has 0 saturated carbocycles. The maximum Gasteiger partial charge on any atom is 0.417 e. The van der Waals surface area contributed by atoms with Crippen LogP contribution in [-0.4, -0.2) is 80.0 Å². The lowest BCUT2D eigenvalue weighted by Gasteiger charge is -2.36. The van der Waals surface area contributed by atoms with Gasteiger partial charge in [-0.1, -0.05) is 11.6 Å². The molecule has 0 aromatic carbocycles. The van der Waals surface area contributed by atoms with Gasteiger partial charge >= 0.3 is 6.18 Å². The molecule has 27 heavy (non-hydrogen) atoms. The van der Waals surface area contributed by atoms with Gasteiger partial charge in [-0.15, -0.1) is 0 Å². The lowest BCUT2D eigenvalue weighted by molar-refractivity contribution is -0.137. The molecular weight excluding hydrogens is 387 g/mol. The zero-order chi connectivity index (χ0) is 20.2. The molecule has 1 aromatic rings. The Morgan fingerprint density at radius 3 is 2.44 bits per heavy atom. The van der Waals surface area contributed by atoms with Crippen molar-refractivity contribution in [2.24, 2.45) is 0 Å². The van der Waals surface area contributed by atoms with Crippen LogP contribution in [0, 0.1) is 0 Å². The minimum absolute atomic E-state index is 0.0135. The van der Waals surface area contributed by atoms with Gasteiger partial charge in [0.15, 0.2) is 0 Å². The number of pyridine rings is 1. The van der Waals surface area contributed by atoms with Crippen LogP contribution >= 0.6 is 11.6 Å². The fourth-order valence-corrected chi connectivity index (χ4v) is 2.92. The van der Waals surface area contributed by atoms with Crippen molar-refractivity contribution >= 4 is 29.2 Å². The Labute approximate surface area is 160 Å². The van der Waals surface area contributed by atoms with Crippen molar-refractivity contribution in [2.45, 2.75) is 6.18 Å². The Kier molecular flexibility index (Phi) is 6.88. The van der Waals surface area contributed by atoms with Gasteiger partial charge in [0.05, 0.1) is 23.7 Å². The van der Waals surface area contributed by atoms with Gasteiger partial charge < -0.3 is 15.1 Å². The lowest BCUT2D eigenvalue weighted by atomic mass is 10.2. The average molecular weight is 408 g/mol. The summed E-state index contributed by atoms with van der Waals surface area (Å²) in [6.07, 6.45) is -3.72. The summed E-state index contributed by atoms with van der Waals surface area (Å²) in [7, 11) is 3.06. The molecule has 1 aromatic heterocycles. The standard InChI is InChI=1S/C16H21ClF3N5O2/c1-21-13(26)9-23(2)14(27)10-24-3-5-25(6-4-24)15-12(17)7-11(8-22-15)16(18,19)20/h7-8H,3-6,9-10H2,1-2H3,(H,21,26). The highest BCUT2D eigenvalue weighted by atomic mass is 35.5. The fourth-order valence-electron chi connectivity index (χ4n) is 2.63. The van der Waals surface area contributed by atoms with Crippen LogP contribution in [0.3, 0.4) is 0 Å². The summed E-state index contributed by atoms with van der Waals surface area (Å²) >= 11 is 5.98. The minimum atomic E-state index is -4.49. The van der Waals surface area contributed by atoms with E-state index >= 15 is 0 Å². The van der Waals surface area contributed by atoms with Gasteiger partial charge in [-0.25, -0.2) is 4.98 Å². The number of carbonyl (C=O) groups excluding carboxylic acids is 2. The van der Waals surface area contributed by atoms with Gasteiger partial charge in [0.25, 0.3) is 0 Å². The van der Waals surface area contributed by atoms with Crippen LogP contribution in [0.5, 0.6) is 0 Å². The summed E-state index contributed by atoms with van der Waals surface area (Å²) in [5.41, 5.74) is -0.889. The fraction of sp³-hybridized carbons (Fsp3) is 0.562. The lowest BCUT2D eigenvalue weighted by Crippen LogP contribution is -2.50. The Morgan fingerprint density at radius 1 is 1.30 bits per heavy atom. The Balaban J connectivity index is 1.90. The molecule has 11 heteroatoms. The van der Waals surface area contributed by atoms with Crippen LogP contribution in [-0.2, 0) is 15.8 Å². The van der Waals surface area contributed by atoms with Crippen molar-refractivity contribution in [3.63, 3.8) is 0 Å². The highest BCUT2D eigenvalue weighted by Gasteiger charge is 2.32. The third-order valence-corrected chi connectivity index (χ3v) is 4.54. The van der Waals surface area contributed by atoms with E-state index in [-0.39, 0.29) is 29.9 Å². The first-order valence-electron chi connectivity index (χ1n) is 8.26. The number of hydrogen-bond acceptors (Lipinski definition) is 5. The molecule has 1 aliphatic heterocycles. The number of halogens is 4. The summed E-state index contributed by atoms with van der Waals surface area (Å²) in [6, 6.07) is 0.869. The van der Waals surface area contributed by atoms with Crippen LogP contribution in [0.2, 0.25) is 5.02 Å². The molecular formula is C16H21ClF3N5O2. The molecule has 7 nitrogen and oxygen atoms in total. The van der Waals surface area contributed by atoms with E-state index in [9.17, 15) is 22.8 Å². The molecule has 2 heterocycles. The average Bonchev–Trinajstić information content (AvgIpc) is 2.61. The van der Waals surface area contributed by atoms with Crippen LogP contribution in [0.4, 0.5) is 19.0 Å². The van der Waals surface area contributed by atoms with E-state index in [1.165, 1.54) is 11.9 Å². The molecule has 1 saturated heterocycles. The topological polar surface area (TPSA) is 68.8 Å². The molecule has 0 spiro atoms. The number of piperazine rings is 1. The van der Waals surface area contributed by atoms with Gasteiger partial charge in [0, 0.05) is 46.5 Å². The number of rotatable bonds is 5. The minimum Gasteiger partial charge on any atom is -0.358 e. The van der Waals surface area contributed by atoms with E-state index in [0.717, 1.165) is 12.3 Å². The summed E-state index contributed by atoms with van der Waals surface area (Å²) < 4.78 is 38.1. The molecule has 2 amide bonds. The summed E-state index contributed by atoms with van der Waals surface area (Å²) in [4.78, 5) is 32.4. The second kappa shape index (κ2) is 8.75. The molecule has 2 rings (SSSR count). The van der Waals surface area contributed by atoms with Crippen molar-refractivity contribution in [1.29, 1.82) is 0 Å². The number of likely N-dealkylation sites (N-methyl/N-ethyl adjacent to an activating group) is 2. The first-order chi connectivity index (χ1) is 12.6. The predicted octanol–water partition coefficient (Wildman–Crippen LogP) is 1.08. The van der Waals surface area contributed by atoms with E-state index in [1.807, 2.05) is 4.90 Å². The highest BCUT2D eigenvalue weighted by Crippen LogP contribution is 2.33. The second-order valence-corrected chi connectivity index (χ2v) is 6.62. The number of nitrogens with one attached hydrogen (secondary N) is 1. The Morgan fingerprint density at radius 2 is 1.93 bits per heavy atom. The van der Waals surface area contributed by atoms with Crippen LogP contribution < -0.4 is 10.2 Å². The molecule has 1 fully saturated rings. The summed E-state index contributed by atoms with van der Waals surface area (Å²) in [5, 5.41) is 2.40. The van der Waals surface area contributed by atoms with Crippen LogP contribution in [0.15, 0.2) is 12.3 Å². The van der Waals surface area contributed by atoms with Crippen molar-refractivity contribution in [3.8, 4) is 0 Å². The largest absolute Gasteiger partial charge is 0.417 e. The monoisotopic (exact) mass is 407 g/mol. The third-order valence-electron chi connectivity index (χ3n) is 4.27. The van der Waals surface area contributed by atoms with E-state index in [4.69, 9.17) is 11.6 Å². The number of amides is 2. The smallest absolute Gasteiger partial charge is 0.358 e. The van der Waals surface area contributed by atoms with E-state index in [1.54, 1.807) is 11.9 Å². The van der Waals surface area contributed by atoms with Crippen molar-refractivity contribution < 1.29 is 22.8 Å². The van der Waals surface area contributed by atoms with Crippen molar-refractivity contribution in [3.05, 3.63) is 22.8 Å². The van der Waals surface area contributed by atoms with Crippen molar-refractivity contribution in [1.82, 2.24) is 20.1 Å². The second-order valence-electron chi connectivity index (χ2n) is 6.21. The molecule has 0 radical (unpaired) electrons. The number of anilines is 1. The first kappa shape index (κ1) is 21.2. The number of nitrogens with zero attached hydrogens (tertiary/aromatic N) is 4. The summed E-state index contributed by atoms with van der Waals surface area (Å²) in [5.74, 6) is -0.135. The van der Waals surface area contributed by atoms with Gasteiger partial charge in [-0.3, -0.25) is 14.5 Å². The number of aromatic nitrogens is 1. The predicted molar refractivity (Wildman–Crippen MR) is 94.6 cm³/mol. The van der Waals surface area contributed by atoms with Gasteiger partial charge in [0.2, 0.25) is 11.8 Å². The maximum atomic E-state index is 12.7. The highest BCUT2D eigenvalue weighted by molar-refractivity contribution is 6.33. The van der Waals surface area contributed by atoms with Crippen molar-refractivity contribution in [2.75, 3.05) is 58.3 Å². The van der Waals surface area contributed by atoms with Crippen LogP contribution in [0.1, 0.15) is 5.56 Å². The van der Waals surface area contributed by atoms with Gasteiger partial charge in [-0.2, -0.15) is 13.2 Å². The third kappa shape index (κ3) is 5.70. The maximum absolute atomic E-state index is 12.7. The van der Waals surface area contributed by atoms with E-state index in [0.29, 0.717) is 32.0 Å². The quantitative estimate of drug-likeness (QED) is 0.791. The molecule has 0 aliphatic carbocycles. The normalized spacial score (nSPS) is 15.6. The Bertz CT molecular complexity index is 693. The number of carbonyl (C=O) groups is 2. The molecule has 1 N–H and O–H groups in total. The molecule has 0 atom stereocenters. The van der Waals surface area contributed by atoms with E-state index < -0.39 is 11.7 Å². The van der Waals surface area contributed by atoms with Crippen LogP contribution in [0.25, 0.3) is 0 Å². The van der Waals surface area contributed by atoms with Gasteiger partial charge in [-0.05, 0) is 6.07 Å². The molecule has 1 aliphatic rings. The van der Waals surface area contributed by atoms with Gasteiger partial charge in [0.1, 0.15) is 5.82 Å².